The number of carbonyl (C=O) groups is 2. The molecule has 5 nitrogen and oxygen atoms in total. The Hall–Kier alpha value is -1.26. The van der Waals surface area contributed by atoms with E-state index in [-0.39, 0.29) is 12.1 Å². The summed E-state index contributed by atoms with van der Waals surface area (Å²) in [7, 11) is 0. The quantitative estimate of drug-likeness (QED) is 0.552. The van der Waals surface area contributed by atoms with E-state index in [2.05, 4.69) is 12.2 Å². The van der Waals surface area contributed by atoms with Gasteiger partial charge in [-0.2, -0.15) is 0 Å². The summed E-state index contributed by atoms with van der Waals surface area (Å²) in [5, 5.41) is 2.81. The molecule has 0 aliphatic heterocycles. The summed E-state index contributed by atoms with van der Waals surface area (Å²) in [6.07, 6.45) is 7.17. The van der Waals surface area contributed by atoms with Gasteiger partial charge >= 0.3 is 12.1 Å². The van der Waals surface area contributed by atoms with Crippen molar-refractivity contribution in [2.45, 2.75) is 58.8 Å². The van der Waals surface area contributed by atoms with Crippen LogP contribution in [-0.4, -0.2) is 31.8 Å². The van der Waals surface area contributed by atoms with Crippen molar-refractivity contribution in [2.24, 2.45) is 11.8 Å². The molecule has 0 radical (unpaired) electrons. The molecular weight excluding hydrogens is 270 g/mol. The zero-order chi connectivity index (χ0) is 15.5. The van der Waals surface area contributed by atoms with Crippen molar-refractivity contribution >= 4 is 12.1 Å². The first-order valence-electron chi connectivity index (χ1n) is 8.15. The number of esters is 1. The number of rotatable bonds is 8. The molecule has 1 N–H and O–H groups in total. The van der Waals surface area contributed by atoms with Crippen molar-refractivity contribution in [1.29, 1.82) is 0 Å². The third-order valence-electron chi connectivity index (χ3n) is 4.04. The highest BCUT2D eigenvalue weighted by molar-refractivity contribution is 5.67. The van der Waals surface area contributed by atoms with Gasteiger partial charge in [-0.3, -0.25) is 4.79 Å². The molecular formula is C16H29NO4. The minimum absolute atomic E-state index is 0.192. The fraction of sp³-hybridized carbons (Fsp3) is 0.875. The number of hydrogen-bond donors (Lipinski definition) is 1. The first kappa shape index (κ1) is 17.8. The summed E-state index contributed by atoms with van der Waals surface area (Å²) in [6.45, 7) is 5.27. The van der Waals surface area contributed by atoms with Crippen molar-refractivity contribution in [2.75, 3.05) is 19.8 Å². The van der Waals surface area contributed by atoms with E-state index in [0.29, 0.717) is 31.6 Å². The monoisotopic (exact) mass is 299 g/mol. The molecule has 1 rings (SSSR count). The molecule has 0 aromatic carbocycles. The lowest BCUT2D eigenvalue weighted by molar-refractivity contribution is -0.142. The van der Waals surface area contributed by atoms with Gasteiger partial charge in [0.2, 0.25) is 0 Å². The zero-order valence-electron chi connectivity index (χ0n) is 13.4. The highest BCUT2D eigenvalue weighted by atomic mass is 16.5. The second-order valence-electron chi connectivity index (χ2n) is 5.89. The van der Waals surface area contributed by atoms with E-state index in [9.17, 15) is 9.59 Å². The first-order chi connectivity index (χ1) is 10.1. The number of amides is 1. The largest absolute Gasteiger partial charge is 0.466 e. The van der Waals surface area contributed by atoms with Crippen molar-refractivity contribution in [1.82, 2.24) is 5.32 Å². The maximum absolute atomic E-state index is 11.4. The second-order valence-corrected chi connectivity index (χ2v) is 5.89. The van der Waals surface area contributed by atoms with E-state index in [0.717, 1.165) is 44.9 Å². The van der Waals surface area contributed by atoms with Crippen LogP contribution in [-0.2, 0) is 14.3 Å². The maximum atomic E-state index is 11.4. The third kappa shape index (κ3) is 8.58. The average molecular weight is 299 g/mol. The van der Waals surface area contributed by atoms with Gasteiger partial charge in [-0.25, -0.2) is 4.79 Å². The molecule has 0 saturated heterocycles. The van der Waals surface area contributed by atoms with E-state index >= 15 is 0 Å². The van der Waals surface area contributed by atoms with Crippen molar-refractivity contribution in [3.63, 3.8) is 0 Å². The van der Waals surface area contributed by atoms with Crippen LogP contribution in [0.4, 0.5) is 4.79 Å². The fourth-order valence-electron chi connectivity index (χ4n) is 2.66. The molecule has 1 aliphatic carbocycles. The number of nitrogens with one attached hydrogen (secondary N) is 1. The second kappa shape index (κ2) is 10.5. The Morgan fingerprint density at radius 3 is 2.38 bits per heavy atom. The van der Waals surface area contributed by atoms with Gasteiger partial charge in [0.25, 0.3) is 0 Å². The lowest BCUT2D eigenvalue weighted by Crippen LogP contribution is -2.28. The lowest BCUT2D eigenvalue weighted by Gasteiger charge is -2.28. The zero-order valence-corrected chi connectivity index (χ0v) is 13.4. The SMILES string of the molecule is CCCCOC(=O)NCCC1CCC(COC(C)=O)CC1. The van der Waals surface area contributed by atoms with Crippen LogP contribution in [0.2, 0.25) is 0 Å². The number of alkyl carbamates (subject to hydrolysis) is 1. The third-order valence-corrected chi connectivity index (χ3v) is 4.04. The molecule has 0 spiro atoms. The topological polar surface area (TPSA) is 64.6 Å². The summed E-state index contributed by atoms with van der Waals surface area (Å²) in [6, 6.07) is 0. The molecule has 122 valence electrons. The standard InChI is InChI=1S/C16H29NO4/c1-3-4-11-20-16(19)17-10-9-14-5-7-15(8-6-14)12-21-13(2)18/h14-15H,3-12H2,1-2H3,(H,17,19). The van der Waals surface area contributed by atoms with Crippen LogP contribution >= 0.6 is 0 Å². The van der Waals surface area contributed by atoms with Crippen molar-refractivity contribution in [3.05, 3.63) is 0 Å². The van der Waals surface area contributed by atoms with E-state index in [4.69, 9.17) is 9.47 Å². The fourth-order valence-corrected chi connectivity index (χ4v) is 2.66. The Kier molecular flexibility index (Phi) is 8.87. The van der Waals surface area contributed by atoms with Gasteiger partial charge in [-0.15, -0.1) is 0 Å². The van der Waals surface area contributed by atoms with Crippen LogP contribution in [0, 0.1) is 11.8 Å². The molecule has 0 aromatic heterocycles. The predicted molar refractivity (Wildman–Crippen MR) is 81.0 cm³/mol. The van der Waals surface area contributed by atoms with Crippen LogP contribution < -0.4 is 5.32 Å². The van der Waals surface area contributed by atoms with Crippen LogP contribution in [0.1, 0.15) is 58.8 Å². The average Bonchev–Trinajstić information content (AvgIpc) is 2.46. The molecule has 5 heteroatoms. The molecule has 1 fully saturated rings. The van der Waals surface area contributed by atoms with Gasteiger partial charge in [-0.1, -0.05) is 13.3 Å². The summed E-state index contributed by atoms with van der Waals surface area (Å²) in [5.41, 5.74) is 0. The molecule has 0 atom stereocenters. The highest BCUT2D eigenvalue weighted by Crippen LogP contribution is 2.30. The molecule has 0 bridgehead atoms. The maximum Gasteiger partial charge on any atom is 0.407 e. The molecule has 1 amide bonds. The summed E-state index contributed by atoms with van der Waals surface area (Å²) in [5.74, 6) is 0.981. The van der Waals surface area contributed by atoms with Gasteiger partial charge < -0.3 is 14.8 Å². The molecule has 1 saturated carbocycles. The normalized spacial score (nSPS) is 21.6. The Balaban J connectivity index is 2.02. The minimum atomic E-state index is -0.299. The Bertz CT molecular complexity index is 311. The van der Waals surface area contributed by atoms with E-state index in [1.807, 2.05) is 0 Å². The molecule has 0 unspecified atom stereocenters. The summed E-state index contributed by atoms with van der Waals surface area (Å²) >= 11 is 0. The molecule has 21 heavy (non-hydrogen) atoms. The van der Waals surface area contributed by atoms with Crippen LogP contribution in [0.25, 0.3) is 0 Å². The number of hydrogen-bond acceptors (Lipinski definition) is 4. The number of unbranched alkanes of at least 4 members (excludes halogenated alkanes) is 1. The van der Waals surface area contributed by atoms with E-state index in [1.165, 1.54) is 6.92 Å². The van der Waals surface area contributed by atoms with Crippen LogP contribution in [0.15, 0.2) is 0 Å². The van der Waals surface area contributed by atoms with Crippen molar-refractivity contribution < 1.29 is 19.1 Å². The van der Waals surface area contributed by atoms with Gasteiger partial charge in [0, 0.05) is 13.5 Å². The predicted octanol–water partition coefficient (Wildman–Crippen LogP) is 3.27. The van der Waals surface area contributed by atoms with Gasteiger partial charge in [0.1, 0.15) is 0 Å². The Morgan fingerprint density at radius 2 is 1.76 bits per heavy atom. The Labute approximate surface area is 127 Å². The molecule has 0 aromatic rings. The van der Waals surface area contributed by atoms with E-state index < -0.39 is 0 Å². The lowest BCUT2D eigenvalue weighted by atomic mass is 9.81. The summed E-state index contributed by atoms with van der Waals surface area (Å²) < 4.78 is 10.1. The molecule has 0 heterocycles. The first-order valence-corrected chi connectivity index (χ1v) is 8.15. The van der Waals surface area contributed by atoms with Crippen LogP contribution in [0.3, 0.4) is 0 Å². The van der Waals surface area contributed by atoms with Crippen LogP contribution in [0.5, 0.6) is 0 Å². The van der Waals surface area contributed by atoms with Gasteiger partial charge in [-0.05, 0) is 50.4 Å². The molecule has 1 aliphatic rings. The van der Waals surface area contributed by atoms with E-state index in [1.54, 1.807) is 0 Å². The minimum Gasteiger partial charge on any atom is -0.466 e. The summed E-state index contributed by atoms with van der Waals surface area (Å²) in [4.78, 5) is 22.2. The van der Waals surface area contributed by atoms with Crippen molar-refractivity contribution in [3.8, 4) is 0 Å². The smallest absolute Gasteiger partial charge is 0.407 e. The Morgan fingerprint density at radius 1 is 1.10 bits per heavy atom. The number of carbonyl (C=O) groups excluding carboxylic acids is 2. The highest BCUT2D eigenvalue weighted by Gasteiger charge is 2.21. The van der Waals surface area contributed by atoms with Gasteiger partial charge in [0.05, 0.1) is 13.2 Å². The van der Waals surface area contributed by atoms with Gasteiger partial charge in [0.15, 0.2) is 0 Å². The number of ether oxygens (including phenoxy) is 2.